The van der Waals surface area contributed by atoms with Crippen molar-refractivity contribution in [3.63, 3.8) is 0 Å². The van der Waals surface area contributed by atoms with Gasteiger partial charge in [0.15, 0.2) is 0 Å². The summed E-state index contributed by atoms with van der Waals surface area (Å²) in [6, 6.07) is 17.7. The van der Waals surface area contributed by atoms with Gasteiger partial charge in [-0.3, -0.25) is 10.1 Å². The minimum Gasteiger partial charge on any atom is -0.383 e. The van der Waals surface area contributed by atoms with Crippen LogP contribution in [0.3, 0.4) is 0 Å². The summed E-state index contributed by atoms with van der Waals surface area (Å²) in [6.07, 6.45) is 0. The number of nitrogens with zero attached hydrogens (tertiary/aromatic N) is 4. The number of nitriles is 1. The Kier molecular flexibility index (Phi) is 4.73. The quantitative estimate of drug-likeness (QED) is 0.560. The molecule has 0 aliphatic rings. The summed E-state index contributed by atoms with van der Waals surface area (Å²) in [5, 5.41) is 20.3. The molecule has 1 aromatic heterocycles. The third kappa shape index (κ3) is 3.55. The van der Waals surface area contributed by atoms with Gasteiger partial charge in [-0.15, -0.1) is 0 Å². The number of rotatable bonds is 4. The molecule has 134 valence electrons. The topological polar surface area (TPSA) is 109 Å². The Balaban J connectivity index is 2.11. The zero-order chi connectivity index (χ0) is 19.6. The van der Waals surface area contributed by atoms with E-state index in [9.17, 15) is 15.4 Å². The molecule has 0 spiro atoms. The fourth-order valence-corrected chi connectivity index (χ4v) is 2.75. The largest absolute Gasteiger partial charge is 0.383 e. The van der Waals surface area contributed by atoms with Gasteiger partial charge in [-0.25, -0.2) is 4.98 Å². The predicted molar refractivity (Wildman–Crippen MR) is 105 cm³/mol. The highest BCUT2D eigenvalue weighted by molar-refractivity contribution is 5.80. The molecular weight excluding hydrogens is 342 g/mol. The minimum absolute atomic E-state index is 0.000125. The molecule has 0 bridgehead atoms. The molecule has 0 amide bonds. The number of hydrogen-bond donors (Lipinski definition) is 1. The second-order valence-electron chi connectivity index (χ2n) is 6.17. The number of anilines is 2. The monoisotopic (exact) mass is 359 g/mol. The van der Waals surface area contributed by atoms with Gasteiger partial charge in [0.1, 0.15) is 17.5 Å². The van der Waals surface area contributed by atoms with E-state index < -0.39 is 4.92 Å². The summed E-state index contributed by atoms with van der Waals surface area (Å²) < 4.78 is 0. The number of nitrogen functional groups attached to an aromatic ring is 1. The number of pyridine rings is 1. The molecule has 0 aliphatic carbocycles. The number of nitrogens with two attached hydrogens (primary N) is 1. The smallest absolute Gasteiger partial charge is 0.269 e. The fraction of sp³-hybridized carbons (Fsp3) is 0.100. The third-order valence-electron chi connectivity index (χ3n) is 4.23. The van der Waals surface area contributed by atoms with E-state index in [2.05, 4.69) is 11.1 Å². The van der Waals surface area contributed by atoms with Crippen LogP contribution < -0.4 is 10.6 Å². The first-order valence-corrected chi connectivity index (χ1v) is 8.14. The molecule has 0 radical (unpaired) electrons. The molecule has 3 rings (SSSR count). The first-order chi connectivity index (χ1) is 12.9. The van der Waals surface area contributed by atoms with Crippen LogP contribution in [-0.4, -0.2) is 24.0 Å². The van der Waals surface area contributed by atoms with Crippen LogP contribution in [-0.2, 0) is 0 Å². The maximum Gasteiger partial charge on any atom is 0.269 e. The van der Waals surface area contributed by atoms with Crippen molar-refractivity contribution in [1.29, 1.82) is 5.26 Å². The average Bonchev–Trinajstić information content (AvgIpc) is 2.67. The zero-order valence-corrected chi connectivity index (χ0v) is 14.9. The van der Waals surface area contributed by atoms with E-state index in [4.69, 9.17) is 5.73 Å². The van der Waals surface area contributed by atoms with Crippen LogP contribution in [0, 0.1) is 21.4 Å². The molecule has 0 saturated carbocycles. The maximum absolute atomic E-state index is 10.8. The summed E-state index contributed by atoms with van der Waals surface area (Å²) in [7, 11) is 3.90. The number of hydrogen-bond acceptors (Lipinski definition) is 6. The lowest BCUT2D eigenvalue weighted by Crippen LogP contribution is -2.08. The van der Waals surface area contributed by atoms with Crippen LogP contribution >= 0.6 is 0 Å². The van der Waals surface area contributed by atoms with E-state index in [1.165, 1.54) is 12.1 Å². The van der Waals surface area contributed by atoms with Gasteiger partial charge in [0.2, 0.25) is 0 Å². The molecule has 2 aromatic carbocycles. The fourth-order valence-electron chi connectivity index (χ4n) is 2.75. The number of aromatic nitrogens is 1. The van der Waals surface area contributed by atoms with Crippen LogP contribution in [0.4, 0.5) is 17.2 Å². The molecule has 2 N–H and O–H groups in total. The Hall–Kier alpha value is -3.92. The molecular formula is C20H17N5O2. The van der Waals surface area contributed by atoms with Gasteiger partial charge in [-0.05, 0) is 35.9 Å². The van der Waals surface area contributed by atoms with E-state index in [0.29, 0.717) is 22.4 Å². The van der Waals surface area contributed by atoms with Gasteiger partial charge in [0.25, 0.3) is 5.69 Å². The Bertz CT molecular complexity index is 1040. The number of non-ortho nitro benzene ring substituents is 1. The van der Waals surface area contributed by atoms with Crippen molar-refractivity contribution < 1.29 is 4.92 Å². The van der Waals surface area contributed by atoms with Crippen molar-refractivity contribution in [3.05, 3.63) is 70.3 Å². The number of benzene rings is 2. The zero-order valence-electron chi connectivity index (χ0n) is 14.9. The van der Waals surface area contributed by atoms with Crippen molar-refractivity contribution in [2.45, 2.75) is 0 Å². The first kappa shape index (κ1) is 17.9. The highest BCUT2D eigenvalue weighted by Crippen LogP contribution is 2.32. The van der Waals surface area contributed by atoms with Crippen LogP contribution in [0.25, 0.3) is 22.4 Å². The van der Waals surface area contributed by atoms with Gasteiger partial charge in [-0.2, -0.15) is 5.26 Å². The molecule has 0 aliphatic heterocycles. The number of nitro groups is 1. The van der Waals surface area contributed by atoms with Crippen LogP contribution in [0.2, 0.25) is 0 Å². The van der Waals surface area contributed by atoms with Crippen molar-refractivity contribution in [3.8, 4) is 28.5 Å². The van der Waals surface area contributed by atoms with Gasteiger partial charge in [0.05, 0.1) is 10.6 Å². The number of nitro benzene ring substituents is 1. The van der Waals surface area contributed by atoms with Crippen LogP contribution in [0.15, 0.2) is 54.6 Å². The molecule has 7 heteroatoms. The first-order valence-electron chi connectivity index (χ1n) is 8.14. The lowest BCUT2D eigenvalue weighted by molar-refractivity contribution is -0.384. The van der Waals surface area contributed by atoms with Crippen molar-refractivity contribution in [1.82, 2.24) is 4.98 Å². The SMILES string of the molecule is CN(C)c1ccc(-c2cc(-c3ccc([N+](=O)[O-])cc3)nc(N)c2C#N)cc1. The Labute approximate surface area is 156 Å². The summed E-state index contributed by atoms with van der Waals surface area (Å²) in [4.78, 5) is 16.7. The van der Waals surface area contributed by atoms with Gasteiger partial charge in [-0.1, -0.05) is 12.1 Å². The molecule has 0 unspecified atom stereocenters. The summed E-state index contributed by atoms with van der Waals surface area (Å²) in [5.74, 6) is 0.125. The van der Waals surface area contributed by atoms with E-state index >= 15 is 0 Å². The molecule has 3 aromatic rings. The van der Waals surface area contributed by atoms with Gasteiger partial charge < -0.3 is 10.6 Å². The minimum atomic E-state index is -0.456. The van der Waals surface area contributed by atoms with Gasteiger partial charge >= 0.3 is 0 Å². The normalized spacial score (nSPS) is 10.3. The molecule has 0 saturated heterocycles. The molecule has 7 nitrogen and oxygen atoms in total. The lowest BCUT2D eigenvalue weighted by atomic mass is 9.98. The van der Waals surface area contributed by atoms with E-state index in [1.54, 1.807) is 18.2 Å². The third-order valence-corrected chi connectivity index (χ3v) is 4.23. The van der Waals surface area contributed by atoms with Crippen molar-refractivity contribution in [2.24, 2.45) is 0 Å². The Morgan fingerprint density at radius 1 is 1.07 bits per heavy atom. The van der Waals surface area contributed by atoms with E-state index in [0.717, 1.165) is 11.3 Å². The molecule has 1 heterocycles. The molecule has 0 atom stereocenters. The van der Waals surface area contributed by atoms with E-state index in [1.807, 2.05) is 43.3 Å². The average molecular weight is 359 g/mol. The highest BCUT2D eigenvalue weighted by atomic mass is 16.6. The Morgan fingerprint density at radius 2 is 1.67 bits per heavy atom. The van der Waals surface area contributed by atoms with Gasteiger partial charge in [0, 0.05) is 43.0 Å². The summed E-state index contributed by atoms with van der Waals surface area (Å²) >= 11 is 0. The van der Waals surface area contributed by atoms with Crippen LogP contribution in [0.1, 0.15) is 5.56 Å². The molecule has 27 heavy (non-hydrogen) atoms. The van der Waals surface area contributed by atoms with E-state index in [-0.39, 0.29) is 11.5 Å². The second-order valence-corrected chi connectivity index (χ2v) is 6.17. The standard InChI is InChI=1S/C20H17N5O2/c1-24(2)15-7-3-13(4-8-15)17-11-19(23-20(22)18(17)12-21)14-5-9-16(10-6-14)25(26)27/h3-11H,1-2H3,(H2,22,23). The highest BCUT2D eigenvalue weighted by Gasteiger charge is 2.14. The second kappa shape index (κ2) is 7.14. The molecule has 0 fully saturated rings. The van der Waals surface area contributed by atoms with Crippen molar-refractivity contribution >= 4 is 17.2 Å². The Morgan fingerprint density at radius 3 is 2.19 bits per heavy atom. The predicted octanol–water partition coefficient (Wildman–Crippen LogP) is 3.84. The lowest BCUT2D eigenvalue weighted by Gasteiger charge is -2.14. The van der Waals surface area contributed by atoms with Crippen LogP contribution in [0.5, 0.6) is 0 Å². The van der Waals surface area contributed by atoms with Crippen molar-refractivity contribution in [2.75, 3.05) is 24.7 Å². The maximum atomic E-state index is 10.8. The summed E-state index contributed by atoms with van der Waals surface area (Å²) in [6.45, 7) is 0. The summed E-state index contributed by atoms with van der Waals surface area (Å²) in [5.41, 5.74) is 10.1.